The van der Waals surface area contributed by atoms with E-state index < -0.39 is 6.09 Å². The van der Waals surface area contributed by atoms with E-state index in [2.05, 4.69) is 63.6 Å². The van der Waals surface area contributed by atoms with Gasteiger partial charge in [0.05, 0.1) is 39.6 Å². The van der Waals surface area contributed by atoms with Gasteiger partial charge in [-0.15, -0.1) is 0 Å². The fourth-order valence-corrected chi connectivity index (χ4v) is 4.53. The number of rotatable bonds is 29. The first-order chi connectivity index (χ1) is 20.4. The van der Waals surface area contributed by atoms with E-state index in [0.717, 1.165) is 25.9 Å². The first kappa shape index (κ1) is 41.5. The zero-order chi connectivity index (χ0) is 31.3. The van der Waals surface area contributed by atoms with Crippen molar-refractivity contribution in [1.82, 2.24) is 10.6 Å². The van der Waals surface area contributed by atoms with Crippen LogP contribution in [-0.4, -0.2) is 101 Å². The number of carbonyl (C=O) groups is 1. The fourth-order valence-electron chi connectivity index (χ4n) is 3.94. The van der Waals surface area contributed by atoms with Crippen LogP contribution in [0.2, 0.25) is 0 Å². The Kier molecular flexibility index (Phi) is 30.2. The molecule has 0 bridgehead atoms. The number of thiol groups is 2. The van der Waals surface area contributed by atoms with Gasteiger partial charge in [0, 0.05) is 37.8 Å². The van der Waals surface area contributed by atoms with E-state index >= 15 is 0 Å². The molecule has 9 nitrogen and oxygen atoms in total. The highest BCUT2D eigenvalue weighted by Crippen LogP contribution is 2.14. The number of carbonyl (C=O) groups excluding carboxylic acids is 1. The summed E-state index contributed by atoms with van der Waals surface area (Å²) in [6, 6.07) is 0. The van der Waals surface area contributed by atoms with Gasteiger partial charge in [0.15, 0.2) is 0 Å². The highest BCUT2D eigenvalue weighted by atomic mass is 32.1. The second-order valence-corrected chi connectivity index (χ2v) is 11.5. The SMILES string of the molecule is CCCCC(CC)COCC(CS)OC(=O)NCCOCCOCCNC(=S)OC(CS)COCC(CC)CCCC. The van der Waals surface area contributed by atoms with Crippen molar-refractivity contribution in [1.29, 1.82) is 0 Å². The second-order valence-electron chi connectivity index (χ2n) is 10.4. The lowest BCUT2D eigenvalue weighted by Gasteiger charge is -2.20. The molecule has 0 aromatic carbocycles. The molecule has 2 N–H and O–H groups in total. The highest BCUT2D eigenvalue weighted by Gasteiger charge is 2.15. The maximum Gasteiger partial charge on any atom is 0.407 e. The van der Waals surface area contributed by atoms with Gasteiger partial charge >= 0.3 is 6.09 Å². The van der Waals surface area contributed by atoms with Crippen molar-refractivity contribution < 1.29 is 33.2 Å². The van der Waals surface area contributed by atoms with Crippen LogP contribution in [0, 0.1) is 11.8 Å². The number of nitrogens with one attached hydrogen (secondary N) is 2. The molecule has 42 heavy (non-hydrogen) atoms. The van der Waals surface area contributed by atoms with Gasteiger partial charge in [-0.25, -0.2) is 4.79 Å². The van der Waals surface area contributed by atoms with Gasteiger partial charge in [-0.05, 0) is 36.9 Å². The van der Waals surface area contributed by atoms with Crippen molar-refractivity contribution in [2.24, 2.45) is 11.8 Å². The summed E-state index contributed by atoms with van der Waals surface area (Å²) in [7, 11) is 0. The van der Waals surface area contributed by atoms with Crippen LogP contribution in [-0.2, 0) is 28.4 Å². The zero-order valence-electron chi connectivity index (χ0n) is 26.6. The van der Waals surface area contributed by atoms with E-state index in [1.165, 1.54) is 32.1 Å². The third-order valence-corrected chi connectivity index (χ3v) is 7.81. The Bertz CT molecular complexity index is 586. The summed E-state index contributed by atoms with van der Waals surface area (Å²) in [4.78, 5) is 12.0. The number of hydrogen-bond acceptors (Lipinski definition) is 10. The Hall–Kier alpha value is -0.500. The lowest BCUT2D eigenvalue weighted by Crippen LogP contribution is -2.35. The molecular formula is C30H60N2O7S3. The zero-order valence-corrected chi connectivity index (χ0v) is 29.2. The van der Waals surface area contributed by atoms with Crippen LogP contribution in [0.4, 0.5) is 4.79 Å². The Morgan fingerprint density at radius 2 is 1.14 bits per heavy atom. The van der Waals surface area contributed by atoms with Crippen LogP contribution in [0.1, 0.15) is 79.1 Å². The molecule has 4 unspecified atom stereocenters. The van der Waals surface area contributed by atoms with Gasteiger partial charge in [0.1, 0.15) is 12.2 Å². The minimum Gasteiger partial charge on any atom is -0.464 e. The van der Waals surface area contributed by atoms with E-state index in [4.69, 9.17) is 40.6 Å². The molecule has 0 saturated heterocycles. The summed E-state index contributed by atoms with van der Waals surface area (Å²) in [6.07, 6.45) is 8.33. The van der Waals surface area contributed by atoms with Gasteiger partial charge in [0.25, 0.3) is 5.17 Å². The van der Waals surface area contributed by atoms with E-state index in [1.807, 2.05) is 0 Å². The molecule has 0 fully saturated rings. The Labute approximate surface area is 272 Å². The molecule has 0 aromatic rings. The summed E-state index contributed by atoms with van der Waals surface area (Å²) < 4.78 is 33.8. The molecule has 0 aliphatic rings. The molecule has 0 spiro atoms. The molecule has 1 amide bonds. The second kappa shape index (κ2) is 30.5. The maximum absolute atomic E-state index is 12.0. The summed E-state index contributed by atoms with van der Waals surface area (Å²) >= 11 is 13.9. The Morgan fingerprint density at radius 1 is 0.667 bits per heavy atom. The van der Waals surface area contributed by atoms with Gasteiger partial charge < -0.3 is 39.1 Å². The van der Waals surface area contributed by atoms with E-state index in [0.29, 0.717) is 87.9 Å². The predicted octanol–water partition coefficient (Wildman–Crippen LogP) is 5.70. The van der Waals surface area contributed by atoms with E-state index in [1.54, 1.807) is 0 Å². The van der Waals surface area contributed by atoms with Crippen LogP contribution in [0.3, 0.4) is 0 Å². The predicted molar refractivity (Wildman–Crippen MR) is 181 cm³/mol. The summed E-state index contributed by atoms with van der Waals surface area (Å²) in [6.45, 7) is 13.6. The molecule has 4 atom stereocenters. The first-order valence-corrected chi connectivity index (χ1v) is 17.5. The number of ether oxygens (including phenoxy) is 6. The third-order valence-electron chi connectivity index (χ3n) is 6.76. The molecule has 12 heteroatoms. The van der Waals surface area contributed by atoms with Crippen LogP contribution in [0.5, 0.6) is 0 Å². The fraction of sp³-hybridized carbons (Fsp3) is 0.933. The van der Waals surface area contributed by atoms with Crippen LogP contribution in [0.15, 0.2) is 0 Å². The Balaban J connectivity index is 3.78. The number of alkyl carbamates (subject to hydrolysis) is 1. The van der Waals surface area contributed by atoms with Gasteiger partial charge in [-0.3, -0.25) is 0 Å². The summed E-state index contributed by atoms with van der Waals surface area (Å²) in [5.41, 5.74) is 0. The monoisotopic (exact) mass is 656 g/mol. The average molecular weight is 657 g/mol. The molecule has 0 heterocycles. The van der Waals surface area contributed by atoms with Crippen LogP contribution < -0.4 is 10.6 Å². The van der Waals surface area contributed by atoms with Crippen molar-refractivity contribution in [3.63, 3.8) is 0 Å². The van der Waals surface area contributed by atoms with E-state index in [9.17, 15) is 4.79 Å². The first-order valence-electron chi connectivity index (χ1n) is 15.8. The molecule has 0 aromatic heterocycles. The molecule has 0 radical (unpaired) electrons. The third kappa shape index (κ3) is 24.9. The van der Waals surface area contributed by atoms with Crippen LogP contribution >= 0.6 is 37.5 Å². The number of amides is 1. The lowest BCUT2D eigenvalue weighted by molar-refractivity contribution is 0.0147. The van der Waals surface area contributed by atoms with Crippen molar-refractivity contribution in [2.75, 3.05) is 77.5 Å². The summed E-state index contributed by atoms with van der Waals surface area (Å²) in [5.74, 6) is 2.06. The average Bonchev–Trinajstić information content (AvgIpc) is 3.00. The normalized spacial score (nSPS) is 14.1. The topological polar surface area (TPSA) is 96.5 Å². The Morgan fingerprint density at radius 3 is 1.60 bits per heavy atom. The van der Waals surface area contributed by atoms with Crippen LogP contribution in [0.25, 0.3) is 0 Å². The highest BCUT2D eigenvalue weighted by molar-refractivity contribution is 7.80. The number of hydrogen-bond donors (Lipinski definition) is 4. The van der Waals surface area contributed by atoms with Gasteiger partial charge in [-0.2, -0.15) is 25.3 Å². The molecule has 250 valence electrons. The van der Waals surface area contributed by atoms with Gasteiger partial charge in [0.2, 0.25) is 0 Å². The minimum absolute atomic E-state index is 0.191. The largest absolute Gasteiger partial charge is 0.464 e. The smallest absolute Gasteiger partial charge is 0.407 e. The molecular weight excluding hydrogens is 597 g/mol. The van der Waals surface area contributed by atoms with Crippen molar-refractivity contribution in [3.8, 4) is 0 Å². The number of unbranched alkanes of at least 4 members (excludes halogenated alkanes) is 2. The quantitative estimate of drug-likeness (QED) is 0.0460. The maximum atomic E-state index is 12.0. The van der Waals surface area contributed by atoms with E-state index in [-0.39, 0.29) is 12.2 Å². The van der Waals surface area contributed by atoms with Crippen molar-refractivity contribution in [2.45, 2.75) is 91.3 Å². The molecule has 0 aliphatic carbocycles. The lowest BCUT2D eigenvalue weighted by atomic mass is 10.0. The van der Waals surface area contributed by atoms with Gasteiger partial charge in [-0.1, -0.05) is 66.2 Å². The van der Waals surface area contributed by atoms with Crippen molar-refractivity contribution >= 4 is 48.7 Å². The minimum atomic E-state index is -0.497. The molecule has 0 aliphatic heterocycles. The molecule has 0 saturated carbocycles. The molecule has 0 rings (SSSR count). The number of thiocarbonyl (C=S) groups is 1. The standard InChI is InChI=1S/C30H60N2O7S3/c1-5-9-11-25(7-3)19-36-21-27(23-40)38-29(33)31-13-15-34-17-18-35-16-14-32-30(42)39-28(24-41)22-37-20-26(8-4)12-10-6-2/h25-28,40-41H,5-24H2,1-4H3,(H,31,33)(H,32,42). The van der Waals surface area contributed by atoms with Crippen molar-refractivity contribution in [3.05, 3.63) is 0 Å². The summed E-state index contributed by atoms with van der Waals surface area (Å²) in [5, 5.41) is 6.04.